The Morgan fingerprint density at radius 2 is 1.71 bits per heavy atom. The van der Waals surface area contributed by atoms with Crippen LogP contribution in [0.1, 0.15) is 76.3 Å². The van der Waals surface area contributed by atoms with E-state index in [1.165, 1.54) is 18.2 Å². The van der Waals surface area contributed by atoms with Crippen LogP contribution in [0.5, 0.6) is 0 Å². The Kier molecular flexibility index (Phi) is 15.7. The number of halogens is 7. The molecule has 1 aromatic heterocycles. The molecule has 1 heterocycles. The second-order valence-corrected chi connectivity index (χ2v) is 10.1. The number of benzene rings is 2. The minimum Gasteiger partial charge on any atom is -0.361 e. The number of unbranched alkanes of at least 4 members (excludes halogenated alkanes) is 1. The Morgan fingerprint density at radius 1 is 1.04 bits per heavy atom. The zero-order valence-corrected chi connectivity index (χ0v) is 26.6. The van der Waals surface area contributed by atoms with Gasteiger partial charge in [-0.15, -0.1) is 0 Å². The van der Waals surface area contributed by atoms with Crippen LogP contribution < -0.4 is 0 Å². The van der Waals surface area contributed by atoms with Gasteiger partial charge >= 0.3 is 6.18 Å². The number of nitrogens with zero attached hydrogens (tertiary/aromatic N) is 3. The first-order valence-electron chi connectivity index (χ1n) is 14.3. The second kappa shape index (κ2) is 18.1. The van der Waals surface area contributed by atoms with Crippen molar-refractivity contribution in [1.29, 1.82) is 0 Å². The second-order valence-electron chi connectivity index (χ2n) is 10.1. The molecule has 0 atom stereocenters. The lowest BCUT2D eigenvalue weighted by molar-refractivity contribution is -0.137. The summed E-state index contributed by atoms with van der Waals surface area (Å²) in [7, 11) is 1.63. The molecule has 45 heavy (non-hydrogen) atoms. The topological polar surface area (TPSA) is 50.8 Å². The zero-order chi connectivity index (χ0) is 34.4. The van der Waals surface area contributed by atoms with Crippen molar-refractivity contribution in [2.45, 2.75) is 79.3 Å². The fourth-order valence-electron chi connectivity index (χ4n) is 3.78. The van der Waals surface area contributed by atoms with E-state index < -0.39 is 29.3 Å². The average molecular weight is 640 g/mol. The molecular weight excluding hydrogens is 599 g/mol. The normalized spacial score (nSPS) is 12.4. The van der Waals surface area contributed by atoms with E-state index in [0.717, 1.165) is 25.5 Å². The molecule has 3 rings (SSSR count). The molecule has 2 aromatic carbocycles. The number of alkyl halides is 5. The van der Waals surface area contributed by atoms with Crippen molar-refractivity contribution >= 4 is 11.9 Å². The summed E-state index contributed by atoms with van der Waals surface area (Å²) in [5, 5.41) is 3.69. The van der Waals surface area contributed by atoms with Crippen LogP contribution in [0.2, 0.25) is 0 Å². The van der Waals surface area contributed by atoms with Crippen molar-refractivity contribution in [1.82, 2.24) is 5.16 Å². The van der Waals surface area contributed by atoms with Gasteiger partial charge in [0.05, 0.1) is 11.3 Å². The largest absolute Gasteiger partial charge is 0.417 e. The third-order valence-corrected chi connectivity index (χ3v) is 6.15. The summed E-state index contributed by atoms with van der Waals surface area (Å²) in [6.45, 7) is 13.6. The number of hydrogen-bond acceptors (Lipinski definition) is 4. The zero-order valence-electron chi connectivity index (χ0n) is 26.6. The van der Waals surface area contributed by atoms with Crippen LogP contribution in [0.4, 0.5) is 30.7 Å². The van der Waals surface area contributed by atoms with Crippen molar-refractivity contribution in [3.63, 3.8) is 0 Å². The number of aromatic nitrogens is 1. The third kappa shape index (κ3) is 13.2. The van der Waals surface area contributed by atoms with E-state index >= 15 is 0 Å². The van der Waals surface area contributed by atoms with Crippen LogP contribution in [-0.4, -0.2) is 30.1 Å². The smallest absolute Gasteiger partial charge is 0.361 e. The minimum atomic E-state index is -4.40. The van der Waals surface area contributed by atoms with Gasteiger partial charge in [-0.25, -0.2) is 17.6 Å². The lowest BCUT2D eigenvalue weighted by Crippen LogP contribution is -2.07. The molecule has 0 radical (unpaired) electrons. The molecule has 246 valence electrons. The molecule has 0 saturated heterocycles. The van der Waals surface area contributed by atoms with Crippen molar-refractivity contribution in [3.05, 3.63) is 100 Å². The molecule has 3 aromatic rings. The number of hydrogen-bond donors (Lipinski definition) is 0. The fourth-order valence-corrected chi connectivity index (χ4v) is 3.78. The number of aliphatic imine (C=N–C) groups is 2. The van der Waals surface area contributed by atoms with E-state index in [-0.39, 0.29) is 23.2 Å². The van der Waals surface area contributed by atoms with E-state index in [0.29, 0.717) is 41.1 Å². The Labute approximate surface area is 260 Å². The molecule has 0 aliphatic carbocycles. The quantitative estimate of drug-likeness (QED) is 0.133. The first-order valence-corrected chi connectivity index (χ1v) is 14.3. The van der Waals surface area contributed by atoms with Crippen molar-refractivity contribution in [3.8, 4) is 11.3 Å². The monoisotopic (exact) mass is 639 g/mol. The fraction of sp³-hybridized carbons (Fsp3) is 0.382. The molecular formula is C34H40F7N3O. The van der Waals surface area contributed by atoms with Gasteiger partial charge in [0.15, 0.2) is 11.6 Å². The number of allylic oxidation sites excluding steroid dienone is 2. The van der Waals surface area contributed by atoms with E-state index in [1.807, 2.05) is 13.8 Å². The molecule has 0 aliphatic heterocycles. The van der Waals surface area contributed by atoms with Gasteiger partial charge in [0.2, 0.25) is 5.92 Å². The minimum absolute atomic E-state index is 0.0312. The van der Waals surface area contributed by atoms with Gasteiger partial charge in [-0.3, -0.25) is 9.98 Å². The molecule has 4 nitrogen and oxygen atoms in total. The highest BCUT2D eigenvalue weighted by atomic mass is 19.4. The summed E-state index contributed by atoms with van der Waals surface area (Å²) < 4.78 is 94.4. The van der Waals surface area contributed by atoms with Crippen molar-refractivity contribution in [2.75, 3.05) is 7.05 Å². The van der Waals surface area contributed by atoms with Crippen LogP contribution in [0.25, 0.3) is 11.3 Å². The first kappa shape index (κ1) is 39.0. The van der Waals surface area contributed by atoms with Crippen LogP contribution in [0.15, 0.2) is 80.9 Å². The molecule has 0 N–H and O–H groups in total. The molecule has 0 spiro atoms. The summed E-state index contributed by atoms with van der Waals surface area (Å²) in [5.41, 5.74) is 1.86. The highest BCUT2D eigenvalue weighted by Gasteiger charge is 2.34. The standard InChI is InChI=1S/C15H16F2N2.C13H12F3NO.C6H12F2/c1-5-14(10(2)9-18-4)19-11(3)12-7-6-8-13(16)15(12)17;1-3-9-7-12(17-18-9)10-5-4-8(2)6-11(10)13(14,15)16;1-3-4-5-6(2,7)8/h5-9H,2H2,1,3-4H3;4-7H,3H2,1-2H3;3-5H2,1-2H3/b14-5+,18-9?,19-11?;;. The average Bonchev–Trinajstić information content (AvgIpc) is 3.45. The highest BCUT2D eigenvalue weighted by molar-refractivity contribution is 6.00. The Hall–Kier alpha value is -4.02. The number of aryl methyl sites for hydroxylation is 2. The summed E-state index contributed by atoms with van der Waals surface area (Å²) in [6, 6.07) is 9.73. The summed E-state index contributed by atoms with van der Waals surface area (Å²) >= 11 is 0. The summed E-state index contributed by atoms with van der Waals surface area (Å²) in [5.74, 6) is -3.66. The van der Waals surface area contributed by atoms with E-state index in [1.54, 1.807) is 52.2 Å². The number of rotatable bonds is 9. The van der Waals surface area contributed by atoms with Crippen LogP contribution in [0.3, 0.4) is 0 Å². The predicted octanol–water partition coefficient (Wildman–Crippen LogP) is 11.0. The molecule has 11 heteroatoms. The third-order valence-electron chi connectivity index (χ3n) is 6.15. The van der Waals surface area contributed by atoms with Gasteiger partial charge in [-0.05, 0) is 52.3 Å². The highest BCUT2D eigenvalue weighted by Crippen LogP contribution is 2.37. The van der Waals surface area contributed by atoms with E-state index in [9.17, 15) is 30.7 Å². The Morgan fingerprint density at radius 3 is 2.20 bits per heavy atom. The molecule has 0 aliphatic rings. The van der Waals surface area contributed by atoms with Crippen LogP contribution >= 0.6 is 0 Å². The SMILES string of the molecule is C=C(C=NC)/C(=C\C)N=C(C)c1cccc(F)c1F.CCCCC(C)(F)F.CCc1cc(-c2ccc(C)cc2C(F)(F)F)no1. The van der Waals surface area contributed by atoms with Gasteiger partial charge in [0.25, 0.3) is 0 Å². The van der Waals surface area contributed by atoms with Crippen molar-refractivity contribution < 1.29 is 35.3 Å². The van der Waals surface area contributed by atoms with Gasteiger partial charge in [0, 0.05) is 54.6 Å². The Bertz CT molecular complexity index is 1480. The molecule has 0 bridgehead atoms. The predicted molar refractivity (Wildman–Crippen MR) is 167 cm³/mol. The van der Waals surface area contributed by atoms with Crippen LogP contribution in [-0.2, 0) is 12.6 Å². The van der Waals surface area contributed by atoms with Gasteiger partial charge in [-0.1, -0.05) is 61.8 Å². The van der Waals surface area contributed by atoms with Crippen molar-refractivity contribution in [2.24, 2.45) is 9.98 Å². The van der Waals surface area contributed by atoms with Gasteiger partial charge < -0.3 is 4.52 Å². The summed E-state index contributed by atoms with van der Waals surface area (Å²) in [6.07, 6.45) is 1.02. The van der Waals surface area contributed by atoms with E-state index in [2.05, 4.69) is 21.7 Å². The van der Waals surface area contributed by atoms with E-state index in [4.69, 9.17) is 4.52 Å². The summed E-state index contributed by atoms with van der Waals surface area (Å²) in [4.78, 5) is 8.11. The maximum Gasteiger partial charge on any atom is 0.417 e. The van der Waals surface area contributed by atoms with Crippen LogP contribution in [0, 0.1) is 18.6 Å². The van der Waals surface area contributed by atoms with Gasteiger partial charge in [0.1, 0.15) is 11.5 Å². The Balaban J connectivity index is 0.000000365. The first-order chi connectivity index (χ1) is 21.0. The molecule has 0 saturated carbocycles. The lowest BCUT2D eigenvalue weighted by atomic mass is 10.0. The van der Waals surface area contributed by atoms with Gasteiger partial charge in [-0.2, -0.15) is 13.2 Å². The maximum atomic E-state index is 13.6. The molecule has 0 amide bonds. The molecule has 0 fully saturated rings. The molecule has 0 unspecified atom stereocenters. The maximum absolute atomic E-state index is 13.6. The lowest BCUT2D eigenvalue weighted by Gasteiger charge is -2.11.